The number of carbonyl (C=O) groups is 3. The van der Waals surface area contributed by atoms with E-state index >= 15 is 0 Å². The number of anilines is 1. The number of likely N-dealkylation sites (tertiary alicyclic amines) is 1. The smallest absolute Gasteiger partial charge is 0.322 e. The predicted molar refractivity (Wildman–Crippen MR) is 147 cm³/mol. The summed E-state index contributed by atoms with van der Waals surface area (Å²) in [5.41, 5.74) is 1.85. The van der Waals surface area contributed by atoms with Crippen LogP contribution in [0.4, 0.5) is 19.3 Å². The molecule has 0 radical (unpaired) electrons. The number of carbonyl (C=O) groups excluding carboxylic acids is 3. The number of hydrogen-bond acceptors (Lipinski definition) is 4. The molecule has 0 aliphatic carbocycles. The maximum absolute atomic E-state index is 14.7. The summed E-state index contributed by atoms with van der Waals surface area (Å²) >= 11 is 0. The number of fused-ring (bicyclic) bond motifs is 1. The molecule has 5 rings (SSSR count). The summed E-state index contributed by atoms with van der Waals surface area (Å²) in [5.74, 6) is -2.11. The summed E-state index contributed by atoms with van der Waals surface area (Å²) in [4.78, 5) is 44.3. The van der Waals surface area contributed by atoms with E-state index in [1.807, 2.05) is 38.1 Å². The SMILES string of the molecule is CC(C)CCN1C(=O)C(CC(=O)N2CCC(N3Cc4ccccc4NC3=O)CC2)S(=O)C1c1ccc(F)cc1F. The first kappa shape index (κ1) is 28.2. The zero-order valence-corrected chi connectivity index (χ0v) is 23.5. The van der Waals surface area contributed by atoms with Gasteiger partial charge in [-0.2, -0.15) is 0 Å². The largest absolute Gasteiger partial charge is 0.342 e. The second-order valence-electron chi connectivity index (χ2n) is 11.1. The fourth-order valence-electron chi connectivity index (χ4n) is 5.70. The van der Waals surface area contributed by atoms with Crippen molar-refractivity contribution < 1.29 is 27.4 Å². The Morgan fingerprint density at radius 2 is 1.82 bits per heavy atom. The van der Waals surface area contributed by atoms with Gasteiger partial charge < -0.3 is 20.0 Å². The Balaban J connectivity index is 1.25. The Hall–Kier alpha value is -3.34. The van der Waals surface area contributed by atoms with E-state index in [-0.39, 0.29) is 42.4 Å². The third kappa shape index (κ3) is 5.61. The molecule has 0 saturated carbocycles. The Kier molecular flexibility index (Phi) is 8.21. The van der Waals surface area contributed by atoms with E-state index in [2.05, 4.69) is 5.32 Å². The first-order valence-electron chi connectivity index (χ1n) is 13.7. The molecule has 1 N–H and O–H groups in total. The van der Waals surface area contributed by atoms with Crippen LogP contribution < -0.4 is 5.32 Å². The van der Waals surface area contributed by atoms with Crippen LogP contribution in [0.1, 0.15) is 56.0 Å². The topological polar surface area (TPSA) is 90.0 Å². The number of piperidine rings is 1. The van der Waals surface area contributed by atoms with Gasteiger partial charge in [-0.1, -0.05) is 38.1 Å². The van der Waals surface area contributed by atoms with E-state index in [4.69, 9.17) is 0 Å². The molecule has 40 heavy (non-hydrogen) atoms. The number of nitrogens with one attached hydrogen (secondary N) is 1. The molecule has 3 aliphatic rings. The molecular weight excluding hydrogens is 538 g/mol. The van der Waals surface area contributed by atoms with Crippen molar-refractivity contribution in [2.75, 3.05) is 25.0 Å². The zero-order valence-electron chi connectivity index (χ0n) is 22.6. The zero-order chi connectivity index (χ0) is 28.6. The monoisotopic (exact) mass is 572 g/mol. The van der Waals surface area contributed by atoms with Crippen LogP contribution in [0, 0.1) is 17.6 Å². The minimum Gasteiger partial charge on any atom is -0.342 e. The number of nitrogens with zero attached hydrogens (tertiary/aromatic N) is 3. The molecule has 3 heterocycles. The lowest BCUT2D eigenvalue weighted by Crippen LogP contribution is -2.51. The first-order valence-corrected chi connectivity index (χ1v) is 15.0. The van der Waals surface area contributed by atoms with Crippen molar-refractivity contribution in [2.24, 2.45) is 5.92 Å². The number of hydrogen-bond donors (Lipinski definition) is 1. The Labute approximate surface area is 235 Å². The fourth-order valence-corrected chi connectivity index (χ4v) is 7.56. The lowest BCUT2D eigenvalue weighted by atomic mass is 10.0. The summed E-state index contributed by atoms with van der Waals surface area (Å²) in [7, 11) is -1.90. The highest BCUT2D eigenvalue weighted by Gasteiger charge is 2.49. The minimum atomic E-state index is -1.90. The summed E-state index contributed by atoms with van der Waals surface area (Å²) in [6.07, 6.45) is 1.55. The Morgan fingerprint density at radius 1 is 1.10 bits per heavy atom. The quantitative estimate of drug-likeness (QED) is 0.533. The number of para-hydroxylation sites is 1. The molecule has 0 bridgehead atoms. The van der Waals surface area contributed by atoms with E-state index in [1.165, 1.54) is 11.0 Å². The summed E-state index contributed by atoms with van der Waals surface area (Å²) < 4.78 is 41.9. The van der Waals surface area contributed by atoms with Crippen molar-refractivity contribution in [3.05, 3.63) is 65.2 Å². The van der Waals surface area contributed by atoms with Crippen LogP contribution in [0.5, 0.6) is 0 Å². The molecule has 2 aromatic carbocycles. The molecule has 3 unspecified atom stereocenters. The van der Waals surface area contributed by atoms with Gasteiger partial charge in [0.1, 0.15) is 22.3 Å². The number of amides is 4. The van der Waals surface area contributed by atoms with E-state index in [9.17, 15) is 27.4 Å². The van der Waals surface area contributed by atoms with Crippen molar-refractivity contribution in [3.8, 4) is 0 Å². The van der Waals surface area contributed by atoms with Gasteiger partial charge in [0.05, 0.1) is 17.2 Å². The minimum absolute atomic E-state index is 0.00557. The molecule has 0 spiro atoms. The molecule has 11 heteroatoms. The lowest BCUT2D eigenvalue weighted by molar-refractivity contribution is -0.137. The highest BCUT2D eigenvalue weighted by Crippen LogP contribution is 2.38. The Morgan fingerprint density at radius 3 is 2.52 bits per heavy atom. The maximum atomic E-state index is 14.7. The van der Waals surface area contributed by atoms with Crippen LogP contribution in [-0.4, -0.2) is 67.7 Å². The normalized spacial score (nSPS) is 23.5. The van der Waals surface area contributed by atoms with Gasteiger partial charge in [-0.15, -0.1) is 0 Å². The maximum Gasteiger partial charge on any atom is 0.322 e. The molecule has 0 aromatic heterocycles. The van der Waals surface area contributed by atoms with E-state index in [0.29, 0.717) is 38.9 Å². The second kappa shape index (κ2) is 11.6. The van der Waals surface area contributed by atoms with Crippen LogP contribution in [0.15, 0.2) is 42.5 Å². The van der Waals surface area contributed by atoms with Crippen molar-refractivity contribution in [2.45, 2.75) is 62.7 Å². The third-order valence-corrected chi connectivity index (χ3v) is 9.87. The molecule has 4 amide bonds. The molecular formula is C29H34F2N4O4S. The number of urea groups is 1. The van der Waals surface area contributed by atoms with Crippen molar-refractivity contribution in [3.63, 3.8) is 0 Å². The number of rotatable bonds is 7. The summed E-state index contributed by atoms with van der Waals surface area (Å²) in [6.45, 7) is 5.57. The van der Waals surface area contributed by atoms with E-state index in [0.717, 1.165) is 23.4 Å². The molecule has 3 aliphatic heterocycles. The van der Waals surface area contributed by atoms with Gasteiger partial charge in [0.15, 0.2) is 0 Å². The predicted octanol–water partition coefficient (Wildman–Crippen LogP) is 4.40. The molecule has 2 fully saturated rings. The van der Waals surface area contributed by atoms with Gasteiger partial charge in [-0.3, -0.25) is 13.8 Å². The molecule has 214 valence electrons. The van der Waals surface area contributed by atoms with Crippen molar-refractivity contribution in [1.82, 2.24) is 14.7 Å². The van der Waals surface area contributed by atoms with Crippen LogP contribution in [-0.2, 0) is 26.9 Å². The molecule has 3 atom stereocenters. The number of halogens is 2. The highest BCUT2D eigenvalue weighted by molar-refractivity contribution is 7.87. The summed E-state index contributed by atoms with van der Waals surface area (Å²) in [6, 6.07) is 10.5. The molecule has 8 nitrogen and oxygen atoms in total. The van der Waals surface area contributed by atoms with Crippen molar-refractivity contribution in [1.29, 1.82) is 0 Å². The molecule has 2 saturated heterocycles. The van der Waals surface area contributed by atoms with Gasteiger partial charge in [0, 0.05) is 49.5 Å². The first-order chi connectivity index (χ1) is 19.1. The van der Waals surface area contributed by atoms with Crippen LogP contribution in [0.25, 0.3) is 0 Å². The molecule has 2 aromatic rings. The van der Waals surface area contributed by atoms with E-state index in [1.54, 1.807) is 9.80 Å². The van der Waals surface area contributed by atoms with Crippen LogP contribution in [0.2, 0.25) is 0 Å². The van der Waals surface area contributed by atoms with Gasteiger partial charge in [-0.05, 0) is 42.9 Å². The average molecular weight is 573 g/mol. The highest BCUT2D eigenvalue weighted by atomic mass is 32.2. The van der Waals surface area contributed by atoms with Gasteiger partial charge >= 0.3 is 6.03 Å². The second-order valence-corrected chi connectivity index (χ2v) is 12.8. The van der Waals surface area contributed by atoms with Crippen LogP contribution >= 0.6 is 0 Å². The Bertz CT molecular complexity index is 1330. The van der Waals surface area contributed by atoms with Gasteiger partial charge in [0.25, 0.3) is 0 Å². The van der Waals surface area contributed by atoms with E-state index < -0.39 is 39.0 Å². The number of benzene rings is 2. The standard InChI is InChI=1S/C29H34F2N4O4S/c1-18(2)9-14-34-27(37)25(40(39)28(34)22-8-7-20(30)15-23(22)31)16-26(36)33-12-10-21(11-13-33)35-17-19-5-3-4-6-24(19)32-29(35)38/h3-8,15,18,21,25,28H,9-14,16-17H2,1-2H3,(H,32,38). The fraction of sp³-hybridized carbons (Fsp3) is 0.483. The lowest BCUT2D eigenvalue weighted by Gasteiger charge is -2.40. The van der Waals surface area contributed by atoms with Gasteiger partial charge in [-0.25, -0.2) is 13.6 Å². The third-order valence-electron chi connectivity index (χ3n) is 8.00. The van der Waals surface area contributed by atoms with Crippen molar-refractivity contribution >= 4 is 34.3 Å². The average Bonchev–Trinajstić information content (AvgIpc) is 3.15. The van der Waals surface area contributed by atoms with Crippen LogP contribution in [0.3, 0.4) is 0 Å². The summed E-state index contributed by atoms with van der Waals surface area (Å²) in [5, 5.41) is 0.754. The van der Waals surface area contributed by atoms with Gasteiger partial charge in [0.2, 0.25) is 11.8 Å².